The lowest BCUT2D eigenvalue weighted by molar-refractivity contribution is 0.0935. The molecule has 0 aromatic heterocycles. The van der Waals surface area contributed by atoms with Crippen LogP contribution in [-0.4, -0.2) is 48.7 Å². The molecule has 1 saturated heterocycles. The summed E-state index contributed by atoms with van der Waals surface area (Å²) in [4.78, 5) is 14.8. The normalized spacial score (nSPS) is 18.5. The number of rotatable bonds is 5. The Morgan fingerprint density at radius 1 is 1.50 bits per heavy atom. The number of likely N-dealkylation sites (N-methyl/N-ethyl adjacent to an activating group) is 1. The molecule has 1 aromatic rings. The summed E-state index contributed by atoms with van der Waals surface area (Å²) in [5.74, 6) is -0.118. The topological polar surface area (TPSA) is 61.8 Å². The second-order valence-corrected chi connectivity index (χ2v) is 6.94. The standard InChI is InChI=1S/C15H20Br2N2O3/c1-3-19-6-4-5-9(19)8-18-15(21)12-13(20)10(16)7-11(17)14(12)22-2/h7,9,20H,3-6,8H2,1-2H3,(H,18,21). The number of benzene rings is 1. The molecule has 1 aliphatic heterocycles. The lowest BCUT2D eigenvalue weighted by Crippen LogP contribution is -2.40. The van der Waals surface area contributed by atoms with Gasteiger partial charge in [-0.15, -0.1) is 0 Å². The van der Waals surface area contributed by atoms with Gasteiger partial charge in [-0.25, -0.2) is 0 Å². The fourth-order valence-corrected chi connectivity index (χ4v) is 4.17. The van der Waals surface area contributed by atoms with Gasteiger partial charge < -0.3 is 15.2 Å². The van der Waals surface area contributed by atoms with Crippen molar-refractivity contribution in [1.82, 2.24) is 10.2 Å². The van der Waals surface area contributed by atoms with E-state index in [2.05, 4.69) is 49.0 Å². The molecule has 2 rings (SSSR count). The molecular weight excluding hydrogens is 416 g/mol. The Labute approximate surface area is 147 Å². The summed E-state index contributed by atoms with van der Waals surface area (Å²) in [6.45, 7) is 4.76. The number of amides is 1. The van der Waals surface area contributed by atoms with Crippen molar-refractivity contribution < 1.29 is 14.6 Å². The molecule has 0 bridgehead atoms. The molecule has 1 amide bonds. The molecule has 0 spiro atoms. The Morgan fingerprint density at radius 2 is 2.23 bits per heavy atom. The van der Waals surface area contributed by atoms with Crippen LogP contribution in [0.3, 0.4) is 0 Å². The van der Waals surface area contributed by atoms with E-state index < -0.39 is 0 Å². The number of nitrogens with one attached hydrogen (secondary N) is 1. The monoisotopic (exact) mass is 434 g/mol. The zero-order valence-corrected chi connectivity index (χ0v) is 15.8. The number of methoxy groups -OCH3 is 1. The second-order valence-electron chi connectivity index (χ2n) is 5.23. The summed E-state index contributed by atoms with van der Waals surface area (Å²) in [5.41, 5.74) is 0.143. The number of phenolic OH excluding ortho intramolecular Hbond substituents is 1. The first-order valence-corrected chi connectivity index (χ1v) is 8.85. The number of likely N-dealkylation sites (tertiary alicyclic amines) is 1. The first-order chi connectivity index (χ1) is 10.5. The highest BCUT2D eigenvalue weighted by Crippen LogP contribution is 2.40. The van der Waals surface area contributed by atoms with Crippen molar-refractivity contribution in [3.05, 3.63) is 20.6 Å². The van der Waals surface area contributed by atoms with Gasteiger partial charge in [0.1, 0.15) is 17.1 Å². The number of phenols is 1. The maximum Gasteiger partial charge on any atom is 0.258 e. The maximum absolute atomic E-state index is 12.5. The van der Waals surface area contributed by atoms with Crippen LogP contribution in [0.25, 0.3) is 0 Å². The third-order valence-electron chi connectivity index (χ3n) is 4.00. The van der Waals surface area contributed by atoms with E-state index in [1.165, 1.54) is 7.11 Å². The molecule has 0 saturated carbocycles. The van der Waals surface area contributed by atoms with E-state index in [1.54, 1.807) is 6.07 Å². The van der Waals surface area contributed by atoms with Gasteiger partial charge in [-0.2, -0.15) is 0 Å². The van der Waals surface area contributed by atoms with Crippen molar-refractivity contribution in [3.8, 4) is 11.5 Å². The van der Waals surface area contributed by atoms with Crippen molar-refractivity contribution in [1.29, 1.82) is 0 Å². The minimum absolute atomic E-state index is 0.115. The molecular formula is C15H20Br2N2O3. The van der Waals surface area contributed by atoms with Gasteiger partial charge in [-0.05, 0) is 63.9 Å². The maximum atomic E-state index is 12.5. The minimum Gasteiger partial charge on any atom is -0.506 e. The molecule has 7 heteroatoms. The van der Waals surface area contributed by atoms with Gasteiger partial charge in [0.15, 0.2) is 0 Å². The average molecular weight is 436 g/mol. The quantitative estimate of drug-likeness (QED) is 0.745. The SMILES string of the molecule is CCN1CCCC1CNC(=O)c1c(O)c(Br)cc(Br)c1OC. The molecule has 1 aliphatic rings. The van der Waals surface area contributed by atoms with Crippen molar-refractivity contribution in [2.45, 2.75) is 25.8 Å². The zero-order chi connectivity index (χ0) is 16.3. The second kappa shape index (κ2) is 7.66. The van der Waals surface area contributed by atoms with Crippen LogP contribution < -0.4 is 10.1 Å². The number of nitrogens with zero attached hydrogens (tertiary/aromatic N) is 1. The van der Waals surface area contributed by atoms with Crippen LogP contribution in [0.1, 0.15) is 30.1 Å². The Morgan fingerprint density at radius 3 is 2.86 bits per heavy atom. The van der Waals surface area contributed by atoms with Crippen molar-refractivity contribution in [2.75, 3.05) is 26.7 Å². The fraction of sp³-hybridized carbons (Fsp3) is 0.533. The first kappa shape index (κ1) is 17.6. The summed E-state index contributed by atoms with van der Waals surface area (Å²) >= 11 is 6.59. The third-order valence-corrected chi connectivity index (χ3v) is 5.19. The Balaban J connectivity index is 2.16. The van der Waals surface area contributed by atoms with Crippen LogP contribution in [0.4, 0.5) is 0 Å². The lowest BCUT2D eigenvalue weighted by Gasteiger charge is -2.23. The van der Waals surface area contributed by atoms with E-state index in [0.717, 1.165) is 25.9 Å². The van der Waals surface area contributed by atoms with Crippen LogP contribution in [0.5, 0.6) is 11.5 Å². The molecule has 5 nitrogen and oxygen atoms in total. The Hall–Kier alpha value is -0.790. The predicted octanol–water partition coefficient (Wildman–Crippen LogP) is 3.14. The number of halogens is 2. The Kier molecular flexibility index (Phi) is 6.11. The van der Waals surface area contributed by atoms with Crippen LogP contribution in [0, 0.1) is 0 Å². The largest absolute Gasteiger partial charge is 0.506 e. The highest BCUT2D eigenvalue weighted by Gasteiger charge is 2.26. The van der Waals surface area contributed by atoms with E-state index in [4.69, 9.17) is 4.74 Å². The summed E-state index contributed by atoms with van der Waals surface area (Å²) in [6.07, 6.45) is 2.24. The molecule has 1 heterocycles. The number of carbonyl (C=O) groups excluding carboxylic acids is 1. The molecule has 1 atom stereocenters. The third kappa shape index (κ3) is 3.58. The van der Waals surface area contributed by atoms with Crippen LogP contribution in [0.2, 0.25) is 0 Å². The number of carbonyl (C=O) groups is 1. The molecule has 2 N–H and O–H groups in total. The van der Waals surface area contributed by atoms with Gasteiger partial charge in [-0.1, -0.05) is 6.92 Å². The van der Waals surface area contributed by atoms with Crippen LogP contribution >= 0.6 is 31.9 Å². The van der Waals surface area contributed by atoms with Gasteiger partial charge in [0.2, 0.25) is 0 Å². The fourth-order valence-electron chi connectivity index (χ4n) is 2.84. The van der Waals surface area contributed by atoms with Crippen LogP contribution in [-0.2, 0) is 0 Å². The molecule has 1 aromatic carbocycles. The zero-order valence-electron chi connectivity index (χ0n) is 12.7. The van der Waals surface area contributed by atoms with Gasteiger partial charge in [0, 0.05) is 12.6 Å². The first-order valence-electron chi connectivity index (χ1n) is 7.26. The van der Waals surface area contributed by atoms with Crippen molar-refractivity contribution in [3.63, 3.8) is 0 Å². The molecule has 1 fully saturated rings. The van der Waals surface area contributed by atoms with E-state index in [0.29, 0.717) is 27.3 Å². The molecule has 1 unspecified atom stereocenters. The highest BCUT2D eigenvalue weighted by molar-refractivity contribution is 9.11. The van der Waals surface area contributed by atoms with Crippen molar-refractivity contribution in [2.24, 2.45) is 0 Å². The minimum atomic E-state index is -0.334. The van der Waals surface area contributed by atoms with Crippen LogP contribution in [0.15, 0.2) is 15.0 Å². The average Bonchev–Trinajstić information content (AvgIpc) is 2.95. The van der Waals surface area contributed by atoms with E-state index >= 15 is 0 Å². The van der Waals surface area contributed by atoms with E-state index in [9.17, 15) is 9.90 Å². The molecule has 122 valence electrons. The number of hydrogen-bond donors (Lipinski definition) is 2. The number of ether oxygens (including phenoxy) is 1. The van der Waals surface area contributed by atoms with E-state index in [1.807, 2.05) is 0 Å². The molecule has 0 aliphatic carbocycles. The van der Waals surface area contributed by atoms with Gasteiger partial charge in [0.25, 0.3) is 5.91 Å². The molecule has 22 heavy (non-hydrogen) atoms. The van der Waals surface area contributed by atoms with Gasteiger partial charge in [-0.3, -0.25) is 9.69 Å². The number of hydrogen-bond acceptors (Lipinski definition) is 4. The van der Waals surface area contributed by atoms with Crippen molar-refractivity contribution >= 4 is 37.8 Å². The number of aromatic hydroxyl groups is 1. The smallest absolute Gasteiger partial charge is 0.258 e. The molecule has 0 radical (unpaired) electrons. The summed E-state index contributed by atoms with van der Waals surface area (Å²) in [7, 11) is 1.47. The summed E-state index contributed by atoms with van der Waals surface area (Å²) in [6, 6.07) is 2.01. The summed E-state index contributed by atoms with van der Waals surface area (Å²) < 4.78 is 6.31. The van der Waals surface area contributed by atoms with E-state index in [-0.39, 0.29) is 17.2 Å². The highest BCUT2D eigenvalue weighted by atomic mass is 79.9. The Bertz CT molecular complexity index is 566. The summed E-state index contributed by atoms with van der Waals surface area (Å²) in [5, 5.41) is 13.1. The van der Waals surface area contributed by atoms with Gasteiger partial charge in [0.05, 0.1) is 16.1 Å². The predicted molar refractivity (Wildman–Crippen MR) is 92.7 cm³/mol. The lowest BCUT2D eigenvalue weighted by atomic mass is 10.1. The van der Waals surface area contributed by atoms with Gasteiger partial charge >= 0.3 is 0 Å².